The number of hydrogen-bond acceptors (Lipinski definition) is 1. The number of aliphatic hydroxyl groups is 1. The van der Waals surface area contributed by atoms with Crippen molar-refractivity contribution < 1.29 is 27.1 Å². The van der Waals surface area contributed by atoms with Crippen molar-refractivity contribution >= 4 is 0 Å². The van der Waals surface area contributed by atoms with Gasteiger partial charge in [-0.25, -0.2) is 0 Å². The van der Waals surface area contributed by atoms with E-state index in [-0.39, 0.29) is 6.42 Å². The fraction of sp³-hybridized carbons (Fsp3) is 0.455. The minimum atomic E-state index is -5.67. The van der Waals surface area contributed by atoms with E-state index < -0.39 is 29.3 Å². The highest BCUT2D eigenvalue weighted by Gasteiger charge is 2.59. The first kappa shape index (κ1) is 13.9. The Kier molecular flexibility index (Phi) is 3.76. The van der Waals surface area contributed by atoms with E-state index in [4.69, 9.17) is 0 Å². The molecule has 96 valence electrons. The van der Waals surface area contributed by atoms with Crippen molar-refractivity contribution in [1.82, 2.24) is 0 Å². The molecule has 1 N–H and O–H groups in total. The second-order valence-electron chi connectivity index (χ2n) is 3.58. The van der Waals surface area contributed by atoms with E-state index in [0.717, 1.165) is 12.1 Å². The summed E-state index contributed by atoms with van der Waals surface area (Å²) in [6.45, 7) is 1.49. The van der Waals surface area contributed by atoms with Crippen LogP contribution in [0.1, 0.15) is 30.6 Å². The Morgan fingerprint density at radius 3 is 2.12 bits per heavy atom. The number of hydrogen-bond donors (Lipinski definition) is 1. The quantitative estimate of drug-likeness (QED) is 0.814. The molecule has 0 spiro atoms. The van der Waals surface area contributed by atoms with Crippen LogP contribution in [0, 0.1) is 0 Å². The number of aliphatic hydroxyl groups excluding tert-OH is 1. The molecule has 0 heterocycles. The Balaban J connectivity index is 3.31. The van der Waals surface area contributed by atoms with Crippen LogP contribution in [0.15, 0.2) is 24.3 Å². The maximum atomic E-state index is 13.2. The predicted molar refractivity (Wildman–Crippen MR) is 51.6 cm³/mol. The third kappa shape index (κ3) is 2.57. The maximum absolute atomic E-state index is 13.2. The molecule has 17 heavy (non-hydrogen) atoms. The molecule has 1 unspecified atom stereocenters. The molecule has 0 saturated heterocycles. The van der Waals surface area contributed by atoms with Gasteiger partial charge in [-0.3, -0.25) is 0 Å². The first-order chi connectivity index (χ1) is 7.71. The average Bonchev–Trinajstić information content (AvgIpc) is 2.26. The molecule has 1 nitrogen and oxygen atoms in total. The van der Waals surface area contributed by atoms with Gasteiger partial charge in [0.15, 0.2) is 0 Å². The SMILES string of the molecule is CCC(O)c1ccccc1C(F)(F)C(F)(F)F. The summed E-state index contributed by atoms with van der Waals surface area (Å²) in [6.07, 6.45) is -6.94. The molecule has 0 aliphatic heterocycles. The molecule has 0 amide bonds. The molecule has 0 radical (unpaired) electrons. The summed E-state index contributed by atoms with van der Waals surface area (Å²) in [7, 11) is 0. The molecule has 1 aromatic carbocycles. The molecule has 6 heteroatoms. The molecular weight excluding hydrogens is 243 g/mol. The van der Waals surface area contributed by atoms with Crippen LogP contribution in [0.3, 0.4) is 0 Å². The smallest absolute Gasteiger partial charge is 0.388 e. The molecule has 1 atom stereocenters. The largest absolute Gasteiger partial charge is 0.458 e. The minimum absolute atomic E-state index is 0.0605. The van der Waals surface area contributed by atoms with E-state index in [1.165, 1.54) is 13.0 Å². The van der Waals surface area contributed by atoms with Crippen LogP contribution < -0.4 is 0 Å². The van der Waals surface area contributed by atoms with Crippen LogP contribution in [0.2, 0.25) is 0 Å². The Morgan fingerprint density at radius 1 is 1.12 bits per heavy atom. The standard InChI is InChI=1S/C11H11F5O/c1-2-9(17)7-5-3-4-6-8(7)10(12,13)11(14,15)16/h3-6,9,17H,2H2,1H3. The first-order valence-electron chi connectivity index (χ1n) is 4.93. The number of benzene rings is 1. The van der Waals surface area contributed by atoms with E-state index in [1.54, 1.807) is 0 Å². The zero-order valence-electron chi connectivity index (χ0n) is 8.93. The highest BCUT2D eigenvalue weighted by Crippen LogP contribution is 2.46. The summed E-state index contributed by atoms with van der Waals surface area (Å²) in [4.78, 5) is 0. The molecule has 0 aromatic heterocycles. The molecule has 1 rings (SSSR count). The highest BCUT2D eigenvalue weighted by atomic mass is 19.4. The number of alkyl halides is 5. The average molecular weight is 254 g/mol. The lowest BCUT2D eigenvalue weighted by Crippen LogP contribution is -2.34. The summed E-state index contributed by atoms with van der Waals surface area (Å²) >= 11 is 0. The van der Waals surface area contributed by atoms with E-state index in [2.05, 4.69) is 0 Å². The van der Waals surface area contributed by atoms with Crippen molar-refractivity contribution in [1.29, 1.82) is 0 Å². The summed E-state index contributed by atoms with van der Waals surface area (Å²) in [5.74, 6) is -4.96. The Hall–Kier alpha value is -1.17. The Labute approximate surface area is 94.9 Å². The number of rotatable bonds is 3. The van der Waals surface area contributed by atoms with Gasteiger partial charge in [0.2, 0.25) is 0 Å². The van der Waals surface area contributed by atoms with Crippen molar-refractivity contribution in [3.05, 3.63) is 35.4 Å². The van der Waals surface area contributed by atoms with Crippen molar-refractivity contribution in [2.24, 2.45) is 0 Å². The van der Waals surface area contributed by atoms with Crippen LogP contribution in [0.5, 0.6) is 0 Å². The van der Waals surface area contributed by atoms with Gasteiger partial charge < -0.3 is 5.11 Å². The van der Waals surface area contributed by atoms with Gasteiger partial charge in [-0.05, 0) is 12.0 Å². The van der Waals surface area contributed by atoms with Gasteiger partial charge in [0.1, 0.15) is 0 Å². The number of halogens is 5. The van der Waals surface area contributed by atoms with Gasteiger partial charge in [-0.2, -0.15) is 22.0 Å². The molecule has 0 aliphatic rings. The molecule has 0 fully saturated rings. The topological polar surface area (TPSA) is 20.2 Å². The van der Waals surface area contributed by atoms with Gasteiger partial charge in [0, 0.05) is 5.56 Å². The third-order valence-electron chi connectivity index (χ3n) is 2.40. The molecular formula is C11H11F5O. The normalized spacial score (nSPS) is 14.8. The van der Waals surface area contributed by atoms with Crippen molar-refractivity contribution in [3.63, 3.8) is 0 Å². The fourth-order valence-corrected chi connectivity index (χ4v) is 1.45. The third-order valence-corrected chi connectivity index (χ3v) is 2.40. The Morgan fingerprint density at radius 2 is 1.65 bits per heavy atom. The van der Waals surface area contributed by atoms with Crippen molar-refractivity contribution in [2.45, 2.75) is 31.5 Å². The van der Waals surface area contributed by atoms with Crippen LogP contribution >= 0.6 is 0 Å². The van der Waals surface area contributed by atoms with E-state index >= 15 is 0 Å². The van der Waals surface area contributed by atoms with E-state index in [1.807, 2.05) is 0 Å². The van der Waals surface area contributed by atoms with Gasteiger partial charge in [0.25, 0.3) is 0 Å². The van der Waals surface area contributed by atoms with E-state index in [0.29, 0.717) is 6.07 Å². The monoisotopic (exact) mass is 254 g/mol. The van der Waals surface area contributed by atoms with Crippen LogP contribution in [-0.4, -0.2) is 11.3 Å². The zero-order valence-corrected chi connectivity index (χ0v) is 8.93. The van der Waals surface area contributed by atoms with Crippen LogP contribution in [0.4, 0.5) is 22.0 Å². The zero-order chi connectivity index (χ0) is 13.3. The van der Waals surface area contributed by atoms with Gasteiger partial charge in [0.05, 0.1) is 6.10 Å². The van der Waals surface area contributed by atoms with Crippen LogP contribution in [0.25, 0.3) is 0 Å². The van der Waals surface area contributed by atoms with Crippen molar-refractivity contribution in [2.75, 3.05) is 0 Å². The second kappa shape index (κ2) is 4.60. The van der Waals surface area contributed by atoms with E-state index in [9.17, 15) is 27.1 Å². The lowest BCUT2D eigenvalue weighted by Gasteiger charge is -2.24. The summed E-state index contributed by atoms with van der Waals surface area (Å²) < 4.78 is 63.1. The van der Waals surface area contributed by atoms with Gasteiger partial charge >= 0.3 is 12.1 Å². The Bertz CT molecular complexity index is 386. The van der Waals surface area contributed by atoms with Crippen molar-refractivity contribution in [3.8, 4) is 0 Å². The first-order valence-corrected chi connectivity index (χ1v) is 4.93. The summed E-state index contributed by atoms with van der Waals surface area (Å²) in [5, 5.41) is 9.44. The summed E-state index contributed by atoms with van der Waals surface area (Å²) in [5.41, 5.74) is -1.58. The second-order valence-corrected chi connectivity index (χ2v) is 3.58. The molecule has 0 bridgehead atoms. The lowest BCUT2D eigenvalue weighted by atomic mass is 9.96. The van der Waals surface area contributed by atoms with Gasteiger partial charge in [-0.1, -0.05) is 31.2 Å². The molecule has 1 aromatic rings. The molecule has 0 saturated carbocycles. The minimum Gasteiger partial charge on any atom is -0.388 e. The predicted octanol–water partition coefficient (Wildman–Crippen LogP) is 3.78. The molecule has 0 aliphatic carbocycles. The van der Waals surface area contributed by atoms with Gasteiger partial charge in [-0.15, -0.1) is 0 Å². The fourth-order valence-electron chi connectivity index (χ4n) is 1.45. The lowest BCUT2D eigenvalue weighted by molar-refractivity contribution is -0.289. The van der Waals surface area contributed by atoms with Crippen LogP contribution in [-0.2, 0) is 5.92 Å². The summed E-state index contributed by atoms with van der Waals surface area (Å²) in [6, 6.07) is 4.15. The maximum Gasteiger partial charge on any atom is 0.458 e. The highest BCUT2D eigenvalue weighted by molar-refractivity contribution is 5.33.